The lowest BCUT2D eigenvalue weighted by Crippen LogP contribution is -2.38. The number of methoxy groups -OCH3 is 3. The zero-order valence-electron chi connectivity index (χ0n) is 31.8. The van der Waals surface area contributed by atoms with Crippen molar-refractivity contribution in [2.45, 2.75) is 122 Å². The van der Waals surface area contributed by atoms with Gasteiger partial charge in [0.1, 0.15) is 5.75 Å². The van der Waals surface area contributed by atoms with Gasteiger partial charge in [-0.1, -0.05) is 83.3 Å². The number of nitrogens with zero attached hydrogens (tertiary/aromatic N) is 3. The SMILES string of the molecule is CCCCCCCCCCCCC(C#N)(CCCN(C)C(C)c1ccc(OCC(=O)NC(C)O[N+](=O)[O-])cc1)c1cc(OC)c(OC)c(OC)c1. The molecule has 0 bridgehead atoms. The summed E-state index contributed by atoms with van der Waals surface area (Å²) in [5, 5.41) is 22.6. The maximum atomic E-state index is 12.0. The number of ether oxygens (including phenoxy) is 4. The average Bonchev–Trinajstić information content (AvgIpc) is 3.12. The molecular formula is C39H60N4O8. The van der Waals surface area contributed by atoms with Crippen LogP contribution in [0, 0.1) is 21.4 Å². The number of carbonyl (C=O) groups is 1. The minimum Gasteiger partial charge on any atom is -0.493 e. The highest BCUT2D eigenvalue weighted by molar-refractivity contribution is 5.77. The number of hydrogen-bond acceptors (Lipinski definition) is 10. The van der Waals surface area contributed by atoms with E-state index in [9.17, 15) is 20.2 Å². The molecule has 0 aliphatic heterocycles. The summed E-state index contributed by atoms with van der Waals surface area (Å²) in [6.45, 7) is 6.21. The molecule has 0 heterocycles. The van der Waals surface area contributed by atoms with Gasteiger partial charge in [-0.3, -0.25) is 14.5 Å². The molecule has 0 aromatic heterocycles. The quantitative estimate of drug-likeness (QED) is 0.0415. The Hall–Kier alpha value is -4.24. The lowest BCUT2D eigenvalue weighted by molar-refractivity contribution is -0.768. The summed E-state index contributed by atoms with van der Waals surface area (Å²) in [7, 11) is 6.85. The van der Waals surface area contributed by atoms with Crippen LogP contribution < -0.4 is 24.3 Å². The van der Waals surface area contributed by atoms with Crippen LogP contribution in [0.2, 0.25) is 0 Å². The van der Waals surface area contributed by atoms with E-state index in [1.807, 2.05) is 24.3 Å². The van der Waals surface area contributed by atoms with Gasteiger partial charge in [0.25, 0.3) is 11.0 Å². The highest BCUT2D eigenvalue weighted by atomic mass is 17.0. The van der Waals surface area contributed by atoms with Crippen molar-refractivity contribution >= 4 is 5.91 Å². The fraction of sp³-hybridized carbons (Fsp3) is 0.641. The van der Waals surface area contributed by atoms with Gasteiger partial charge in [-0.2, -0.15) is 5.26 Å². The van der Waals surface area contributed by atoms with E-state index in [1.165, 1.54) is 58.3 Å². The first-order valence-electron chi connectivity index (χ1n) is 18.3. The number of benzene rings is 2. The summed E-state index contributed by atoms with van der Waals surface area (Å²) in [6.07, 6.45) is 13.5. The molecule has 0 aliphatic carbocycles. The lowest BCUT2D eigenvalue weighted by atomic mass is 9.73. The van der Waals surface area contributed by atoms with Crippen molar-refractivity contribution in [2.75, 3.05) is 41.5 Å². The smallest absolute Gasteiger partial charge is 0.296 e. The van der Waals surface area contributed by atoms with Crippen LogP contribution >= 0.6 is 0 Å². The third-order valence-corrected chi connectivity index (χ3v) is 9.50. The third-order valence-electron chi connectivity index (χ3n) is 9.50. The van der Waals surface area contributed by atoms with Crippen LogP contribution in [-0.4, -0.2) is 63.7 Å². The molecule has 0 radical (unpaired) electrons. The van der Waals surface area contributed by atoms with Gasteiger partial charge in [-0.25, -0.2) is 0 Å². The van der Waals surface area contributed by atoms with Crippen molar-refractivity contribution < 1.29 is 33.7 Å². The van der Waals surface area contributed by atoms with Crippen molar-refractivity contribution in [1.29, 1.82) is 5.26 Å². The minimum atomic E-state index is -1.07. The van der Waals surface area contributed by atoms with Crippen LogP contribution in [0.25, 0.3) is 0 Å². The van der Waals surface area contributed by atoms with E-state index in [0.29, 0.717) is 29.4 Å². The van der Waals surface area contributed by atoms with Gasteiger partial charge in [0, 0.05) is 6.04 Å². The van der Waals surface area contributed by atoms with E-state index >= 15 is 0 Å². The first kappa shape index (κ1) is 42.9. The van der Waals surface area contributed by atoms with E-state index in [1.54, 1.807) is 33.5 Å². The number of hydrogen-bond donors (Lipinski definition) is 1. The zero-order chi connectivity index (χ0) is 37.6. The van der Waals surface area contributed by atoms with Gasteiger partial charge in [-0.05, 0) is 82.1 Å². The largest absolute Gasteiger partial charge is 0.493 e. The first-order valence-corrected chi connectivity index (χ1v) is 18.3. The molecule has 1 N–H and O–H groups in total. The molecule has 12 nitrogen and oxygen atoms in total. The molecule has 51 heavy (non-hydrogen) atoms. The predicted molar refractivity (Wildman–Crippen MR) is 198 cm³/mol. The Labute approximate surface area is 304 Å². The molecule has 284 valence electrons. The molecule has 0 aliphatic rings. The molecule has 3 unspecified atom stereocenters. The van der Waals surface area contributed by atoms with E-state index in [0.717, 1.165) is 43.4 Å². The van der Waals surface area contributed by atoms with Crippen LogP contribution in [0.15, 0.2) is 36.4 Å². The summed E-state index contributed by atoms with van der Waals surface area (Å²) >= 11 is 0. The summed E-state index contributed by atoms with van der Waals surface area (Å²) < 4.78 is 22.5. The van der Waals surface area contributed by atoms with Crippen LogP contribution in [0.1, 0.15) is 121 Å². The Morgan fingerprint density at radius 1 is 0.902 bits per heavy atom. The van der Waals surface area contributed by atoms with Gasteiger partial charge < -0.3 is 24.3 Å². The molecule has 0 saturated carbocycles. The minimum absolute atomic E-state index is 0.0853. The molecular weight excluding hydrogens is 652 g/mol. The van der Waals surface area contributed by atoms with E-state index in [2.05, 4.69) is 42.0 Å². The lowest BCUT2D eigenvalue weighted by Gasteiger charge is -2.31. The molecule has 1 amide bonds. The highest BCUT2D eigenvalue weighted by Gasteiger charge is 2.34. The highest BCUT2D eigenvalue weighted by Crippen LogP contribution is 2.44. The number of carbonyl (C=O) groups excluding carboxylic acids is 1. The maximum Gasteiger partial charge on any atom is 0.296 e. The first-order chi connectivity index (χ1) is 24.5. The van der Waals surface area contributed by atoms with Crippen molar-refractivity contribution in [3.05, 3.63) is 57.6 Å². The molecule has 2 aromatic carbocycles. The second kappa shape index (κ2) is 23.3. The number of nitriles is 1. The van der Waals surface area contributed by atoms with Crippen molar-refractivity contribution in [1.82, 2.24) is 10.2 Å². The predicted octanol–water partition coefficient (Wildman–Crippen LogP) is 8.31. The van der Waals surface area contributed by atoms with E-state index in [-0.39, 0.29) is 12.6 Å². The molecule has 2 rings (SSSR count). The summed E-state index contributed by atoms with van der Waals surface area (Å²) in [5.41, 5.74) is 1.24. The van der Waals surface area contributed by atoms with Gasteiger partial charge in [0.2, 0.25) is 5.75 Å². The Bertz CT molecular complexity index is 1340. The number of unbranched alkanes of at least 4 members (excludes halogenated alkanes) is 9. The Kier molecular flexibility index (Phi) is 19.6. The van der Waals surface area contributed by atoms with Gasteiger partial charge in [0.05, 0.1) is 32.8 Å². The molecule has 0 fully saturated rings. The van der Waals surface area contributed by atoms with Gasteiger partial charge >= 0.3 is 0 Å². The second-order valence-corrected chi connectivity index (χ2v) is 13.2. The van der Waals surface area contributed by atoms with Crippen LogP contribution in [0.4, 0.5) is 0 Å². The van der Waals surface area contributed by atoms with Crippen LogP contribution in [-0.2, 0) is 15.0 Å². The van der Waals surface area contributed by atoms with E-state index in [4.69, 9.17) is 18.9 Å². The Morgan fingerprint density at radius 2 is 1.45 bits per heavy atom. The normalized spacial score (nSPS) is 13.4. The fourth-order valence-corrected chi connectivity index (χ4v) is 6.36. The van der Waals surface area contributed by atoms with E-state index < -0.39 is 22.6 Å². The van der Waals surface area contributed by atoms with Crippen LogP contribution in [0.3, 0.4) is 0 Å². The molecule has 0 spiro atoms. The summed E-state index contributed by atoms with van der Waals surface area (Å²) in [5.74, 6) is 1.58. The zero-order valence-corrected chi connectivity index (χ0v) is 31.8. The van der Waals surface area contributed by atoms with Gasteiger partial charge in [-0.15, -0.1) is 10.1 Å². The van der Waals surface area contributed by atoms with Crippen molar-refractivity contribution in [2.24, 2.45) is 0 Å². The molecule has 12 heteroatoms. The van der Waals surface area contributed by atoms with Gasteiger partial charge in [0.15, 0.2) is 24.3 Å². The summed E-state index contributed by atoms with van der Waals surface area (Å²) in [4.78, 5) is 29.0. The summed E-state index contributed by atoms with van der Waals surface area (Å²) in [6, 6.07) is 14.2. The average molecular weight is 713 g/mol. The van der Waals surface area contributed by atoms with Crippen molar-refractivity contribution in [3.8, 4) is 29.1 Å². The molecule has 2 aromatic rings. The fourth-order valence-electron chi connectivity index (χ4n) is 6.36. The Balaban J connectivity index is 2.05. The topological polar surface area (TPSA) is 145 Å². The maximum absolute atomic E-state index is 12.0. The molecule has 0 saturated heterocycles. The third kappa shape index (κ3) is 14.5. The van der Waals surface area contributed by atoms with Crippen LogP contribution in [0.5, 0.6) is 23.0 Å². The number of amides is 1. The molecule has 3 atom stereocenters. The number of nitrogens with one attached hydrogen (secondary N) is 1. The second-order valence-electron chi connectivity index (χ2n) is 13.2. The number of rotatable bonds is 27. The Morgan fingerprint density at radius 3 is 1.96 bits per heavy atom. The monoisotopic (exact) mass is 712 g/mol. The van der Waals surface area contributed by atoms with Crippen molar-refractivity contribution in [3.63, 3.8) is 0 Å². The standard InChI is InChI=1S/C39H60N4O8/c1-8-9-10-11-12-13-14-15-16-17-23-39(29-40,33-26-35(47-5)38(49-7)36(27-33)48-6)24-18-25-42(4)30(2)32-19-21-34(22-20-32)50-28-37(44)41-31(3)51-43(45)46/h19-22,26-27,30-31H,8-18,23-25,28H2,1-7H3,(H,41,44).